The highest BCUT2D eigenvalue weighted by atomic mass is 16.8. The van der Waals surface area contributed by atoms with Crippen molar-refractivity contribution in [1.29, 1.82) is 0 Å². The molecule has 1 aromatic rings. The Morgan fingerprint density at radius 2 is 1.51 bits per heavy atom. The summed E-state index contributed by atoms with van der Waals surface area (Å²) in [6, 6.07) is 3.29. The summed E-state index contributed by atoms with van der Waals surface area (Å²) in [5, 5.41) is 0. The Morgan fingerprint density at radius 3 is 2.10 bits per heavy atom. The number of carbonyl (C=O) groups is 4. The van der Waals surface area contributed by atoms with Crippen molar-refractivity contribution in [2.45, 2.75) is 64.5 Å². The van der Waals surface area contributed by atoms with Crippen LogP contribution < -0.4 is 9.47 Å². The van der Waals surface area contributed by atoms with Crippen molar-refractivity contribution in [1.82, 2.24) is 0 Å². The van der Waals surface area contributed by atoms with E-state index < -0.39 is 60.7 Å². The molecule has 2 aliphatic rings. The van der Waals surface area contributed by atoms with E-state index in [9.17, 15) is 19.2 Å². The molecule has 0 aromatic heterocycles. The highest BCUT2D eigenvalue weighted by Gasteiger charge is 2.65. The minimum absolute atomic E-state index is 0.0475. The lowest BCUT2D eigenvalue weighted by molar-refractivity contribution is -0.370. The first kappa shape index (κ1) is 29.7. The molecule has 1 saturated heterocycles. The Labute approximate surface area is 225 Å². The number of esters is 4. The molecule has 12 nitrogen and oxygen atoms in total. The number of ether oxygens (including phenoxy) is 8. The van der Waals surface area contributed by atoms with Gasteiger partial charge >= 0.3 is 23.9 Å². The van der Waals surface area contributed by atoms with Crippen LogP contribution in [0.2, 0.25) is 0 Å². The highest BCUT2D eigenvalue weighted by molar-refractivity contribution is 5.69. The van der Waals surface area contributed by atoms with Gasteiger partial charge in [-0.3, -0.25) is 19.2 Å². The topological polar surface area (TPSA) is 142 Å². The van der Waals surface area contributed by atoms with Crippen LogP contribution in [0.15, 0.2) is 37.4 Å². The SMILES string of the molecule is C=CCOc1cc2c(c(OCC=C)c1)C1(OC2)O[C@H](COC(C)=O)[C@@H](OC(C)=O)[C@H](OC(C)=O)[C@H]1OC(C)=O. The molecule has 5 atom stereocenters. The van der Waals surface area contributed by atoms with Gasteiger partial charge < -0.3 is 37.9 Å². The maximum Gasteiger partial charge on any atom is 0.303 e. The molecule has 0 bridgehead atoms. The van der Waals surface area contributed by atoms with Gasteiger partial charge in [0.15, 0.2) is 12.2 Å². The molecule has 1 aromatic carbocycles. The predicted octanol–water partition coefficient (Wildman–Crippen LogP) is 2.26. The van der Waals surface area contributed by atoms with Crippen molar-refractivity contribution >= 4 is 23.9 Å². The largest absolute Gasteiger partial charge is 0.489 e. The Kier molecular flexibility index (Phi) is 9.71. The van der Waals surface area contributed by atoms with Crippen molar-refractivity contribution in [2.75, 3.05) is 19.8 Å². The molecule has 1 unspecified atom stereocenters. The summed E-state index contributed by atoms with van der Waals surface area (Å²) in [4.78, 5) is 48.3. The van der Waals surface area contributed by atoms with Crippen molar-refractivity contribution in [2.24, 2.45) is 0 Å². The average Bonchev–Trinajstić information content (AvgIpc) is 3.22. The monoisotopic (exact) mass is 548 g/mol. The molecule has 0 aliphatic carbocycles. The molecule has 0 amide bonds. The fraction of sp³-hybridized carbons (Fsp3) is 0.481. The average molecular weight is 549 g/mol. The van der Waals surface area contributed by atoms with Crippen LogP contribution in [0.4, 0.5) is 0 Å². The van der Waals surface area contributed by atoms with Gasteiger partial charge in [0.2, 0.25) is 11.9 Å². The van der Waals surface area contributed by atoms with Gasteiger partial charge in [-0.25, -0.2) is 0 Å². The van der Waals surface area contributed by atoms with Gasteiger partial charge in [0.25, 0.3) is 0 Å². The van der Waals surface area contributed by atoms with Crippen LogP contribution in [-0.2, 0) is 60.0 Å². The molecule has 39 heavy (non-hydrogen) atoms. The maximum absolute atomic E-state index is 12.3. The fourth-order valence-corrected chi connectivity index (χ4v) is 4.50. The van der Waals surface area contributed by atoms with Crippen LogP contribution in [0, 0.1) is 0 Å². The summed E-state index contributed by atoms with van der Waals surface area (Å²) in [6.07, 6.45) is -2.32. The number of benzene rings is 1. The molecular formula is C27H32O12. The van der Waals surface area contributed by atoms with Crippen molar-refractivity contribution in [3.05, 3.63) is 48.6 Å². The third-order valence-corrected chi connectivity index (χ3v) is 5.71. The number of carbonyl (C=O) groups excluding carboxylic acids is 4. The van der Waals surface area contributed by atoms with Crippen LogP contribution in [0.3, 0.4) is 0 Å². The van der Waals surface area contributed by atoms with Crippen molar-refractivity contribution < 1.29 is 57.1 Å². The first-order valence-corrected chi connectivity index (χ1v) is 12.1. The van der Waals surface area contributed by atoms with Crippen LogP contribution in [0.25, 0.3) is 0 Å². The van der Waals surface area contributed by atoms with Gasteiger partial charge in [0, 0.05) is 33.8 Å². The maximum atomic E-state index is 12.3. The van der Waals surface area contributed by atoms with E-state index in [2.05, 4.69) is 13.2 Å². The van der Waals surface area contributed by atoms with E-state index in [-0.39, 0.29) is 25.6 Å². The van der Waals surface area contributed by atoms with E-state index in [0.717, 1.165) is 20.8 Å². The first-order chi connectivity index (χ1) is 18.5. The molecule has 0 N–H and O–H groups in total. The lowest BCUT2D eigenvalue weighted by Gasteiger charge is -2.49. The number of hydrogen-bond donors (Lipinski definition) is 0. The standard InChI is InChI=1S/C27H32O12/c1-7-9-32-20-11-19-13-35-27(23(19)21(12-20)33-10-8-2)26(38-18(6)31)25(37-17(5)30)24(36-16(4)29)22(39-27)14-34-15(3)28/h7-8,11-12,22,24-26H,1-2,9-10,13-14H2,3-6H3/t22-,24-,25+,26-,27?/m1/s1. The number of fused-ring (bicyclic) bond motifs is 2. The second-order valence-corrected chi connectivity index (χ2v) is 8.75. The molecule has 1 spiro atoms. The molecule has 0 saturated carbocycles. The lowest BCUT2D eigenvalue weighted by atomic mass is 9.86. The van der Waals surface area contributed by atoms with E-state index >= 15 is 0 Å². The van der Waals surface area contributed by atoms with Crippen LogP contribution >= 0.6 is 0 Å². The zero-order valence-electron chi connectivity index (χ0n) is 22.3. The minimum Gasteiger partial charge on any atom is -0.489 e. The van der Waals surface area contributed by atoms with Crippen LogP contribution in [0.5, 0.6) is 11.5 Å². The van der Waals surface area contributed by atoms with Crippen molar-refractivity contribution in [3.8, 4) is 11.5 Å². The third kappa shape index (κ3) is 6.76. The number of rotatable bonds is 11. The summed E-state index contributed by atoms with van der Waals surface area (Å²) in [5.74, 6) is -4.11. The summed E-state index contributed by atoms with van der Waals surface area (Å²) in [5.41, 5.74) is 0.888. The van der Waals surface area contributed by atoms with Gasteiger partial charge in [-0.2, -0.15) is 0 Å². The van der Waals surface area contributed by atoms with E-state index in [1.807, 2.05) is 0 Å². The first-order valence-electron chi connectivity index (χ1n) is 12.1. The normalized spacial score (nSPS) is 25.1. The zero-order valence-corrected chi connectivity index (χ0v) is 22.3. The summed E-state index contributed by atoms with van der Waals surface area (Å²) in [7, 11) is 0. The predicted molar refractivity (Wildman–Crippen MR) is 132 cm³/mol. The molecule has 2 aliphatic heterocycles. The van der Waals surface area contributed by atoms with Crippen LogP contribution in [0.1, 0.15) is 38.8 Å². The molecule has 3 rings (SSSR count). The highest BCUT2D eigenvalue weighted by Crippen LogP contribution is 2.52. The van der Waals surface area contributed by atoms with Gasteiger partial charge in [-0.15, -0.1) is 0 Å². The number of hydrogen-bond acceptors (Lipinski definition) is 12. The van der Waals surface area contributed by atoms with E-state index in [0.29, 0.717) is 16.9 Å². The van der Waals surface area contributed by atoms with Gasteiger partial charge in [-0.05, 0) is 11.6 Å². The molecule has 2 heterocycles. The van der Waals surface area contributed by atoms with Crippen molar-refractivity contribution in [3.63, 3.8) is 0 Å². The van der Waals surface area contributed by atoms with Gasteiger partial charge in [0.05, 0.1) is 12.2 Å². The van der Waals surface area contributed by atoms with E-state index in [1.54, 1.807) is 18.2 Å². The third-order valence-electron chi connectivity index (χ3n) is 5.71. The Balaban J connectivity index is 2.25. The quantitative estimate of drug-likeness (QED) is 0.227. The smallest absolute Gasteiger partial charge is 0.303 e. The molecule has 12 heteroatoms. The molecular weight excluding hydrogens is 516 g/mol. The summed E-state index contributed by atoms with van der Waals surface area (Å²) >= 11 is 0. The summed E-state index contributed by atoms with van der Waals surface area (Å²) < 4.78 is 46.1. The Bertz CT molecular complexity index is 1130. The Hall–Kier alpha value is -3.90. The zero-order chi connectivity index (χ0) is 28.7. The van der Waals surface area contributed by atoms with Crippen LogP contribution in [-0.4, -0.2) is 68.1 Å². The summed E-state index contributed by atoms with van der Waals surface area (Å²) in [6.45, 7) is 11.8. The lowest BCUT2D eigenvalue weighted by Crippen LogP contribution is -2.66. The molecule has 212 valence electrons. The van der Waals surface area contributed by atoms with Gasteiger partial charge in [0.1, 0.15) is 37.4 Å². The Morgan fingerprint density at radius 1 is 0.897 bits per heavy atom. The van der Waals surface area contributed by atoms with E-state index in [4.69, 9.17) is 37.9 Å². The fourth-order valence-electron chi connectivity index (χ4n) is 4.50. The second kappa shape index (κ2) is 12.8. The van der Waals surface area contributed by atoms with Gasteiger partial charge in [-0.1, -0.05) is 25.3 Å². The minimum atomic E-state index is -1.92. The second-order valence-electron chi connectivity index (χ2n) is 8.75. The molecule has 1 fully saturated rings. The molecule has 0 radical (unpaired) electrons. The van der Waals surface area contributed by atoms with E-state index in [1.165, 1.54) is 13.0 Å².